The maximum Gasteiger partial charge on any atom is 0.231 e. The van der Waals surface area contributed by atoms with Crippen molar-refractivity contribution in [3.63, 3.8) is 0 Å². The van der Waals surface area contributed by atoms with Crippen LogP contribution in [0.2, 0.25) is 0 Å². The van der Waals surface area contributed by atoms with Gasteiger partial charge in [-0.2, -0.15) is 26.8 Å². The number of hydrogen-bond acceptors (Lipinski definition) is 10. The van der Waals surface area contributed by atoms with Gasteiger partial charge in [-0.1, -0.05) is 11.2 Å². The fourth-order valence-electron chi connectivity index (χ4n) is 4.06. The fraction of sp³-hybridized carbons (Fsp3) is 0.375. The first-order chi connectivity index (χ1) is 17.2. The monoisotopic (exact) mass is 492 g/mol. The van der Waals surface area contributed by atoms with Gasteiger partial charge in [-0.3, -0.25) is 10.1 Å². The smallest absolute Gasteiger partial charge is 0.231 e. The van der Waals surface area contributed by atoms with E-state index < -0.39 is 0 Å². The average molecular weight is 493 g/mol. The van der Waals surface area contributed by atoms with Crippen LogP contribution >= 0.6 is 11.8 Å². The topological polar surface area (TPSA) is 118 Å². The summed E-state index contributed by atoms with van der Waals surface area (Å²) >= 11 is 1.80. The van der Waals surface area contributed by atoms with Crippen molar-refractivity contribution in [2.45, 2.75) is 32.2 Å². The summed E-state index contributed by atoms with van der Waals surface area (Å²) < 4.78 is 11.7. The normalized spacial score (nSPS) is 15.5. The molecule has 1 atom stereocenters. The number of aryl methyl sites for hydroxylation is 1. The zero-order valence-corrected chi connectivity index (χ0v) is 20.6. The third kappa shape index (κ3) is 5.56. The minimum Gasteiger partial charge on any atom is -0.477 e. The molecular formula is C24H28N8O2S. The number of aromatic amines is 1. The Kier molecular flexibility index (Phi) is 7.12. The summed E-state index contributed by atoms with van der Waals surface area (Å²) in [7, 11) is 0. The van der Waals surface area contributed by atoms with Crippen molar-refractivity contribution >= 4 is 29.3 Å². The lowest BCUT2D eigenvalue weighted by molar-refractivity contribution is 0.306. The van der Waals surface area contributed by atoms with Crippen LogP contribution in [0.25, 0.3) is 11.4 Å². The van der Waals surface area contributed by atoms with Gasteiger partial charge in [-0.25, -0.2) is 0 Å². The van der Waals surface area contributed by atoms with Crippen LogP contribution in [0.3, 0.4) is 0 Å². The molecule has 1 aliphatic heterocycles. The molecule has 0 radical (unpaired) electrons. The molecule has 11 heteroatoms. The Morgan fingerprint density at radius 1 is 1.20 bits per heavy atom. The van der Waals surface area contributed by atoms with Crippen molar-refractivity contribution in [3.05, 3.63) is 54.0 Å². The number of aromatic nitrogens is 6. The molecule has 182 valence electrons. The fourth-order valence-corrected chi connectivity index (χ4v) is 4.46. The molecule has 5 heterocycles. The zero-order valence-electron chi connectivity index (χ0n) is 19.8. The molecule has 0 saturated carbocycles. The van der Waals surface area contributed by atoms with E-state index in [1.54, 1.807) is 18.0 Å². The summed E-state index contributed by atoms with van der Waals surface area (Å²) in [6.07, 6.45) is 6.70. The summed E-state index contributed by atoms with van der Waals surface area (Å²) in [5.74, 6) is 4.24. The van der Waals surface area contributed by atoms with E-state index in [1.807, 2.05) is 43.3 Å². The molecule has 0 amide bonds. The molecule has 0 unspecified atom stereocenters. The number of anilines is 3. The van der Waals surface area contributed by atoms with Gasteiger partial charge in [0.2, 0.25) is 11.8 Å². The number of nitrogens with one attached hydrogen (secondary N) is 2. The van der Waals surface area contributed by atoms with E-state index in [-0.39, 0.29) is 6.04 Å². The first-order valence-corrected chi connectivity index (χ1v) is 13.0. The zero-order chi connectivity index (χ0) is 24.0. The van der Waals surface area contributed by atoms with Crippen LogP contribution in [0.15, 0.2) is 47.1 Å². The van der Waals surface area contributed by atoms with Crippen molar-refractivity contribution in [2.24, 2.45) is 0 Å². The van der Waals surface area contributed by atoms with Crippen molar-refractivity contribution in [1.29, 1.82) is 0 Å². The van der Waals surface area contributed by atoms with Crippen LogP contribution in [0.5, 0.6) is 5.88 Å². The average Bonchev–Trinajstić information content (AvgIpc) is 3.63. The molecule has 0 aliphatic carbocycles. The second-order valence-electron chi connectivity index (χ2n) is 8.33. The van der Waals surface area contributed by atoms with E-state index in [1.165, 1.54) is 0 Å². The Hall–Kier alpha value is -3.60. The lowest BCUT2D eigenvalue weighted by Gasteiger charge is -2.23. The minimum absolute atomic E-state index is 0.0211. The molecule has 35 heavy (non-hydrogen) atoms. The van der Waals surface area contributed by atoms with Gasteiger partial charge in [0.05, 0.1) is 18.3 Å². The largest absolute Gasteiger partial charge is 0.477 e. The maximum atomic E-state index is 5.99. The SMILES string of the molecule is CSCCCOc1cc(Nc2cc(C)[nH]n2)nc(N2CCC[C@H]2c2cc(-c3ccccn3)no2)n1. The predicted octanol–water partition coefficient (Wildman–Crippen LogP) is 4.78. The van der Waals surface area contributed by atoms with E-state index in [0.717, 1.165) is 54.4 Å². The van der Waals surface area contributed by atoms with Crippen molar-refractivity contribution in [2.75, 3.05) is 35.4 Å². The highest BCUT2D eigenvalue weighted by Gasteiger charge is 2.32. The number of hydrogen-bond donors (Lipinski definition) is 2. The maximum absolute atomic E-state index is 5.99. The Labute approximate surface area is 207 Å². The van der Waals surface area contributed by atoms with Gasteiger partial charge in [0.1, 0.15) is 11.5 Å². The highest BCUT2D eigenvalue weighted by Crippen LogP contribution is 2.37. The van der Waals surface area contributed by atoms with Gasteiger partial charge in [0.25, 0.3) is 0 Å². The number of thioether (sulfide) groups is 1. The Balaban J connectivity index is 1.41. The Bertz CT molecular complexity index is 1250. The highest BCUT2D eigenvalue weighted by atomic mass is 32.2. The van der Waals surface area contributed by atoms with Crippen LogP contribution < -0.4 is 15.0 Å². The molecule has 5 rings (SSSR count). The lowest BCUT2D eigenvalue weighted by atomic mass is 10.1. The first-order valence-electron chi connectivity index (χ1n) is 11.6. The molecule has 4 aromatic heterocycles. The summed E-state index contributed by atoms with van der Waals surface area (Å²) in [6.45, 7) is 3.35. The van der Waals surface area contributed by atoms with Gasteiger partial charge in [-0.05, 0) is 50.3 Å². The second kappa shape index (κ2) is 10.8. The second-order valence-corrected chi connectivity index (χ2v) is 9.31. The standard InChI is InChI=1S/C24H28N8O2S/c1-16-13-22(30-29-16)26-21-15-23(33-11-6-12-35-2)28-24(27-21)32-10-5-8-19(32)20-14-18(31-34-20)17-7-3-4-9-25-17/h3-4,7,9,13-15,19H,5-6,8,10-12H2,1-2H3,(H2,26,27,28,29,30)/t19-/m0/s1. The van der Waals surface area contributed by atoms with Crippen LogP contribution in [-0.2, 0) is 0 Å². The number of rotatable bonds is 10. The van der Waals surface area contributed by atoms with Crippen LogP contribution in [-0.4, -0.2) is 55.5 Å². The number of ether oxygens (including phenoxy) is 1. The van der Waals surface area contributed by atoms with Gasteiger partial charge in [0.15, 0.2) is 11.6 Å². The summed E-state index contributed by atoms with van der Waals surface area (Å²) in [5.41, 5.74) is 2.46. The Morgan fingerprint density at radius 2 is 2.14 bits per heavy atom. The van der Waals surface area contributed by atoms with E-state index in [4.69, 9.17) is 19.2 Å². The third-order valence-electron chi connectivity index (χ3n) is 5.69. The Morgan fingerprint density at radius 3 is 2.94 bits per heavy atom. The van der Waals surface area contributed by atoms with Gasteiger partial charge < -0.3 is 19.5 Å². The minimum atomic E-state index is -0.0211. The molecule has 1 fully saturated rings. The molecule has 0 aromatic carbocycles. The van der Waals surface area contributed by atoms with Gasteiger partial charge >= 0.3 is 0 Å². The van der Waals surface area contributed by atoms with Crippen LogP contribution in [0, 0.1) is 6.92 Å². The van der Waals surface area contributed by atoms with E-state index >= 15 is 0 Å². The van der Waals surface area contributed by atoms with E-state index in [0.29, 0.717) is 30.1 Å². The summed E-state index contributed by atoms with van der Waals surface area (Å²) in [5, 5.41) is 14.7. The van der Waals surface area contributed by atoms with Crippen LogP contribution in [0.4, 0.5) is 17.6 Å². The van der Waals surface area contributed by atoms with E-state index in [2.05, 4.69) is 36.8 Å². The van der Waals surface area contributed by atoms with E-state index in [9.17, 15) is 0 Å². The quantitative estimate of drug-likeness (QED) is 0.300. The van der Waals surface area contributed by atoms with Gasteiger partial charge in [-0.15, -0.1) is 0 Å². The molecule has 1 aliphatic rings. The van der Waals surface area contributed by atoms with Crippen LogP contribution in [0.1, 0.15) is 36.8 Å². The van der Waals surface area contributed by atoms with Gasteiger partial charge in [0, 0.05) is 36.6 Å². The number of nitrogens with zero attached hydrogens (tertiary/aromatic N) is 6. The van der Waals surface area contributed by atoms with Crippen molar-refractivity contribution < 1.29 is 9.26 Å². The molecule has 4 aromatic rings. The molecule has 0 spiro atoms. The predicted molar refractivity (Wildman–Crippen MR) is 136 cm³/mol. The molecule has 10 nitrogen and oxygen atoms in total. The lowest BCUT2D eigenvalue weighted by Crippen LogP contribution is -2.25. The molecule has 0 bridgehead atoms. The third-order valence-corrected chi connectivity index (χ3v) is 6.39. The number of pyridine rings is 1. The highest BCUT2D eigenvalue weighted by molar-refractivity contribution is 7.98. The first kappa shape index (κ1) is 23.2. The molecular weight excluding hydrogens is 464 g/mol. The van der Waals surface area contributed by atoms with Crippen molar-refractivity contribution in [3.8, 4) is 17.3 Å². The number of H-pyrrole nitrogens is 1. The molecule has 2 N–H and O–H groups in total. The summed E-state index contributed by atoms with van der Waals surface area (Å²) in [6, 6.07) is 11.4. The summed E-state index contributed by atoms with van der Waals surface area (Å²) in [4.78, 5) is 16.1. The molecule has 1 saturated heterocycles. The van der Waals surface area contributed by atoms with Crippen molar-refractivity contribution in [1.82, 2.24) is 30.3 Å².